The SMILES string of the molecule is CCNC(=NCC(c1ccc(OC)cc1)N1CCOCC1)NCCC1=CCOCC1. The summed E-state index contributed by atoms with van der Waals surface area (Å²) in [5.74, 6) is 1.75. The van der Waals surface area contributed by atoms with Gasteiger partial charge in [-0.05, 0) is 37.5 Å². The molecule has 166 valence electrons. The summed E-state index contributed by atoms with van der Waals surface area (Å²) in [6, 6.07) is 8.56. The molecule has 0 spiro atoms. The van der Waals surface area contributed by atoms with Crippen LogP contribution in [0.1, 0.15) is 31.4 Å². The van der Waals surface area contributed by atoms with Crippen molar-refractivity contribution in [2.75, 3.05) is 66.3 Å². The van der Waals surface area contributed by atoms with Crippen molar-refractivity contribution in [1.29, 1.82) is 0 Å². The van der Waals surface area contributed by atoms with Crippen LogP contribution in [0.4, 0.5) is 0 Å². The van der Waals surface area contributed by atoms with Crippen molar-refractivity contribution in [3.63, 3.8) is 0 Å². The van der Waals surface area contributed by atoms with E-state index < -0.39 is 0 Å². The summed E-state index contributed by atoms with van der Waals surface area (Å²) in [5, 5.41) is 6.87. The van der Waals surface area contributed by atoms with Gasteiger partial charge < -0.3 is 24.8 Å². The van der Waals surface area contributed by atoms with E-state index in [1.807, 2.05) is 12.1 Å². The first-order valence-corrected chi connectivity index (χ1v) is 11.0. The Bertz CT molecular complexity index is 684. The fourth-order valence-electron chi connectivity index (χ4n) is 3.80. The van der Waals surface area contributed by atoms with Crippen molar-refractivity contribution in [3.05, 3.63) is 41.5 Å². The monoisotopic (exact) mass is 416 g/mol. The highest BCUT2D eigenvalue weighted by Gasteiger charge is 2.22. The molecule has 1 fully saturated rings. The molecule has 2 N–H and O–H groups in total. The molecule has 0 radical (unpaired) electrons. The summed E-state index contributed by atoms with van der Waals surface area (Å²) in [7, 11) is 1.70. The number of rotatable bonds is 9. The van der Waals surface area contributed by atoms with Gasteiger partial charge in [0.25, 0.3) is 0 Å². The minimum absolute atomic E-state index is 0.216. The number of benzene rings is 1. The molecule has 2 heterocycles. The van der Waals surface area contributed by atoms with Crippen LogP contribution in [-0.4, -0.2) is 77.1 Å². The van der Waals surface area contributed by atoms with Crippen molar-refractivity contribution in [1.82, 2.24) is 15.5 Å². The summed E-state index contributed by atoms with van der Waals surface area (Å²) in [4.78, 5) is 7.39. The number of guanidine groups is 1. The van der Waals surface area contributed by atoms with Crippen LogP contribution in [0.3, 0.4) is 0 Å². The van der Waals surface area contributed by atoms with Gasteiger partial charge >= 0.3 is 0 Å². The molecule has 2 aliphatic heterocycles. The Morgan fingerprint density at radius 3 is 2.60 bits per heavy atom. The van der Waals surface area contributed by atoms with Gasteiger partial charge in [-0.2, -0.15) is 0 Å². The Balaban J connectivity index is 1.64. The van der Waals surface area contributed by atoms with E-state index in [2.05, 4.69) is 40.7 Å². The zero-order valence-electron chi connectivity index (χ0n) is 18.4. The molecular formula is C23H36N4O3. The summed E-state index contributed by atoms with van der Waals surface area (Å²) in [5.41, 5.74) is 2.72. The van der Waals surface area contributed by atoms with Gasteiger partial charge in [0.1, 0.15) is 5.75 Å². The van der Waals surface area contributed by atoms with Crippen molar-refractivity contribution in [2.24, 2.45) is 4.99 Å². The number of aliphatic imine (C=N–C) groups is 1. The topological polar surface area (TPSA) is 67.4 Å². The molecule has 1 aromatic rings. The van der Waals surface area contributed by atoms with Crippen molar-refractivity contribution >= 4 is 5.96 Å². The zero-order valence-corrected chi connectivity index (χ0v) is 18.4. The predicted molar refractivity (Wildman–Crippen MR) is 120 cm³/mol. The largest absolute Gasteiger partial charge is 0.497 e. The first-order valence-electron chi connectivity index (χ1n) is 11.0. The molecular weight excluding hydrogens is 380 g/mol. The summed E-state index contributed by atoms with van der Waals surface area (Å²) >= 11 is 0. The first kappa shape index (κ1) is 22.6. The smallest absolute Gasteiger partial charge is 0.191 e. The number of morpholine rings is 1. The van der Waals surface area contributed by atoms with Gasteiger partial charge in [0, 0.05) is 26.2 Å². The van der Waals surface area contributed by atoms with E-state index in [4.69, 9.17) is 19.2 Å². The molecule has 1 aromatic carbocycles. The minimum Gasteiger partial charge on any atom is -0.497 e. The second kappa shape index (κ2) is 12.6. The highest BCUT2D eigenvalue weighted by molar-refractivity contribution is 5.79. The predicted octanol–water partition coefficient (Wildman–Crippen LogP) is 2.36. The van der Waals surface area contributed by atoms with E-state index in [1.54, 1.807) is 7.11 Å². The average Bonchev–Trinajstić information content (AvgIpc) is 2.81. The third kappa shape index (κ3) is 7.00. The Labute approximate surface area is 180 Å². The van der Waals surface area contributed by atoms with Gasteiger partial charge in [0.2, 0.25) is 0 Å². The third-order valence-electron chi connectivity index (χ3n) is 5.55. The molecule has 1 saturated heterocycles. The van der Waals surface area contributed by atoms with Gasteiger partial charge in [-0.1, -0.05) is 23.8 Å². The van der Waals surface area contributed by atoms with Gasteiger partial charge in [-0.15, -0.1) is 0 Å². The van der Waals surface area contributed by atoms with Gasteiger partial charge in [-0.3, -0.25) is 9.89 Å². The summed E-state index contributed by atoms with van der Waals surface area (Å²) in [6.45, 7) is 9.48. The Hall–Kier alpha value is -2.09. The van der Waals surface area contributed by atoms with Crippen molar-refractivity contribution in [2.45, 2.75) is 25.8 Å². The molecule has 7 nitrogen and oxygen atoms in total. The zero-order chi connectivity index (χ0) is 21.0. The summed E-state index contributed by atoms with van der Waals surface area (Å²) < 4.78 is 16.3. The van der Waals surface area contributed by atoms with Crippen LogP contribution in [0, 0.1) is 0 Å². The first-order chi connectivity index (χ1) is 14.8. The highest BCUT2D eigenvalue weighted by Crippen LogP contribution is 2.24. The fraction of sp³-hybridized carbons (Fsp3) is 0.609. The molecule has 0 saturated carbocycles. The average molecular weight is 417 g/mol. The Morgan fingerprint density at radius 1 is 1.13 bits per heavy atom. The molecule has 1 atom stereocenters. The third-order valence-corrected chi connectivity index (χ3v) is 5.55. The maximum absolute atomic E-state index is 5.56. The fourth-order valence-corrected chi connectivity index (χ4v) is 3.80. The number of hydrogen-bond acceptors (Lipinski definition) is 5. The van der Waals surface area contributed by atoms with Crippen molar-refractivity contribution < 1.29 is 14.2 Å². The van der Waals surface area contributed by atoms with Gasteiger partial charge in [0.15, 0.2) is 5.96 Å². The van der Waals surface area contributed by atoms with Crippen LogP contribution in [-0.2, 0) is 9.47 Å². The van der Waals surface area contributed by atoms with Crippen LogP contribution >= 0.6 is 0 Å². The lowest BCUT2D eigenvalue weighted by molar-refractivity contribution is 0.0179. The van der Waals surface area contributed by atoms with E-state index in [-0.39, 0.29) is 6.04 Å². The lowest BCUT2D eigenvalue weighted by Crippen LogP contribution is -2.42. The lowest BCUT2D eigenvalue weighted by atomic mass is 10.0. The Kier molecular flexibility index (Phi) is 9.47. The second-order valence-corrected chi connectivity index (χ2v) is 7.52. The maximum atomic E-state index is 5.56. The van der Waals surface area contributed by atoms with Crippen molar-refractivity contribution in [3.8, 4) is 5.75 Å². The number of hydrogen-bond donors (Lipinski definition) is 2. The maximum Gasteiger partial charge on any atom is 0.191 e. The normalized spacial score (nSPS) is 19.1. The van der Waals surface area contributed by atoms with E-state index in [0.717, 1.165) is 77.2 Å². The van der Waals surface area contributed by atoms with Crippen LogP contribution < -0.4 is 15.4 Å². The van der Waals surface area contributed by atoms with Gasteiger partial charge in [-0.25, -0.2) is 0 Å². The molecule has 3 rings (SSSR count). The van der Waals surface area contributed by atoms with Gasteiger partial charge in [0.05, 0.1) is 46.1 Å². The van der Waals surface area contributed by atoms with Crippen LogP contribution in [0.2, 0.25) is 0 Å². The van der Waals surface area contributed by atoms with E-state index in [9.17, 15) is 0 Å². The molecule has 0 aliphatic carbocycles. The molecule has 0 aromatic heterocycles. The molecule has 30 heavy (non-hydrogen) atoms. The van der Waals surface area contributed by atoms with Crippen LogP contribution in [0.15, 0.2) is 40.9 Å². The minimum atomic E-state index is 0.216. The summed E-state index contributed by atoms with van der Waals surface area (Å²) in [6.07, 6.45) is 4.26. The van der Waals surface area contributed by atoms with E-state index in [1.165, 1.54) is 11.1 Å². The Morgan fingerprint density at radius 2 is 1.93 bits per heavy atom. The van der Waals surface area contributed by atoms with Crippen LogP contribution in [0.25, 0.3) is 0 Å². The second-order valence-electron chi connectivity index (χ2n) is 7.52. The number of nitrogens with one attached hydrogen (secondary N) is 2. The molecule has 1 unspecified atom stereocenters. The highest BCUT2D eigenvalue weighted by atomic mass is 16.5. The standard InChI is InChI=1S/C23H36N4O3/c1-3-24-23(25-11-8-19-9-14-29-15-10-19)26-18-22(27-12-16-30-17-13-27)20-4-6-21(28-2)7-5-20/h4-7,9,22H,3,8,10-18H2,1-2H3,(H2,24,25,26). The quantitative estimate of drug-likeness (QED) is 0.366. The molecule has 7 heteroatoms. The molecule has 2 aliphatic rings. The molecule has 0 amide bonds. The molecule has 0 bridgehead atoms. The van der Waals surface area contributed by atoms with E-state index in [0.29, 0.717) is 6.54 Å². The van der Waals surface area contributed by atoms with Crippen LogP contribution in [0.5, 0.6) is 5.75 Å². The number of methoxy groups -OCH3 is 1. The van der Waals surface area contributed by atoms with E-state index >= 15 is 0 Å². The number of nitrogens with zero attached hydrogens (tertiary/aromatic N) is 2. The number of ether oxygens (including phenoxy) is 3. The lowest BCUT2D eigenvalue weighted by Gasteiger charge is -2.34.